The number of amides is 2. The summed E-state index contributed by atoms with van der Waals surface area (Å²) >= 11 is 6.10. The number of rotatable bonds is 10. The first-order valence-corrected chi connectivity index (χ1v) is 17.5. The van der Waals surface area contributed by atoms with Gasteiger partial charge in [0.1, 0.15) is 0 Å². The number of carbonyl (C=O) groups excluding carboxylic acids is 2. The Bertz CT molecular complexity index is 1450. The summed E-state index contributed by atoms with van der Waals surface area (Å²) < 4.78 is 68.7. The normalized spacial score (nSPS) is 20.4. The molecular weight excluding hydrogens is 667 g/mol. The fourth-order valence-corrected chi connectivity index (χ4v) is 7.57. The van der Waals surface area contributed by atoms with Crippen LogP contribution in [0.25, 0.3) is 0 Å². The first kappa shape index (κ1) is 37.1. The molecule has 14 heteroatoms. The van der Waals surface area contributed by atoms with Gasteiger partial charge in [-0.05, 0) is 74.4 Å². The van der Waals surface area contributed by atoms with E-state index in [1.807, 2.05) is 24.3 Å². The number of nitrogens with two attached hydrogens (primary N) is 2. The number of carbonyl (C=O) groups is 2. The van der Waals surface area contributed by atoms with Crippen molar-refractivity contribution in [2.45, 2.75) is 82.0 Å². The molecule has 270 valence electrons. The number of alkyl halides is 5. The maximum Gasteiger partial charge on any atom is 0.418 e. The van der Waals surface area contributed by atoms with Crippen molar-refractivity contribution in [2.75, 3.05) is 57.3 Å². The smallest absolute Gasteiger partial charge is 0.399 e. The largest absolute Gasteiger partial charge is 0.418 e. The number of benzene rings is 2. The van der Waals surface area contributed by atoms with E-state index in [1.165, 1.54) is 6.07 Å². The van der Waals surface area contributed by atoms with Crippen molar-refractivity contribution in [1.82, 2.24) is 20.0 Å². The van der Waals surface area contributed by atoms with Gasteiger partial charge in [0.15, 0.2) is 0 Å². The van der Waals surface area contributed by atoms with Crippen LogP contribution in [0.3, 0.4) is 0 Å². The highest BCUT2D eigenvalue weighted by Crippen LogP contribution is 2.39. The van der Waals surface area contributed by atoms with Gasteiger partial charge in [0.05, 0.1) is 22.2 Å². The second kappa shape index (κ2) is 15.8. The second-order valence-corrected chi connectivity index (χ2v) is 14.1. The molecule has 0 bridgehead atoms. The van der Waals surface area contributed by atoms with Crippen molar-refractivity contribution in [3.05, 3.63) is 58.1 Å². The standard InChI is InChI=1S/C35H46ClF5N6O2/c36-29-21-23(20-28(32(29)43)35(39,40)41)19-25(33(49)47-15-8-27(9-16-47)45-17-10-34(37,38)11-18-45)22-31(48)46-13-6-26(7-14-46)44-12-5-24-3-1-2-4-30(24)42/h1-4,20-21,25-27,44H,5-19,22,42-43H2/t25-/m0/s1. The van der Waals surface area contributed by atoms with Crippen molar-refractivity contribution in [3.63, 3.8) is 0 Å². The van der Waals surface area contributed by atoms with E-state index in [0.717, 1.165) is 43.1 Å². The molecule has 3 heterocycles. The second-order valence-electron chi connectivity index (χ2n) is 13.6. The van der Waals surface area contributed by atoms with E-state index in [2.05, 4.69) is 10.2 Å². The molecule has 8 nitrogen and oxygen atoms in total. The number of hydrogen-bond donors (Lipinski definition) is 3. The Morgan fingerprint density at radius 2 is 1.57 bits per heavy atom. The fourth-order valence-electron chi connectivity index (χ4n) is 7.33. The highest BCUT2D eigenvalue weighted by molar-refractivity contribution is 6.33. The van der Waals surface area contributed by atoms with E-state index in [9.17, 15) is 31.5 Å². The number of nitrogens with one attached hydrogen (secondary N) is 1. The van der Waals surface area contributed by atoms with Crippen molar-refractivity contribution in [1.29, 1.82) is 0 Å². The molecule has 0 spiro atoms. The van der Waals surface area contributed by atoms with Crippen molar-refractivity contribution < 1.29 is 31.5 Å². The van der Waals surface area contributed by atoms with Crippen LogP contribution >= 0.6 is 11.6 Å². The molecule has 5 N–H and O–H groups in total. The first-order chi connectivity index (χ1) is 23.2. The van der Waals surface area contributed by atoms with Crippen LogP contribution in [-0.2, 0) is 28.6 Å². The molecule has 3 fully saturated rings. The third-order valence-corrected chi connectivity index (χ3v) is 10.6. The van der Waals surface area contributed by atoms with Crippen LogP contribution in [0.5, 0.6) is 0 Å². The molecule has 5 rings (SSSR count). The minimum absolute atomic E-state index is 0.0745. The first-order valence-electron chi connectivity index (χ1n) is 17.1. The van der Waals surface area contributed by atoms with E-state index in [4.69, 9.17) is 23.1 Å². The lowest BCUT2D eigenvalue weighted by Crippen LogP contribution is -2.52. The molecule has 2 amide bonds. The Labute approximate surface area is 289 Å². The van der Waals surface area contributed by atoms with Crippen LogP contribution in [-0.4, -0.2) is 90.3 Å². The maximum atomic E-state index is 14.0. The zero-order valence-electron chi connectivity index (χ0n) is 27.6. The number of hydrogen-bond acceptors (Lipinski definition) is 6. The molecule has 0 radical (unpaired) electrons. The third-order valence-electron chi connectivity index (χ3n) is 10.3. The van der Waals surface area contributed by atoms with Crippen LogP contribution < -0.4 is 16.8 Å². The lowest BCUT2D eigenvalue weighted by atomic mass is 9.91. The number of anilines is 2. The predicted octanol–water partition coefficient (Wildman–Crippen LogP) is 5.62. The monoisotopic (exact) mass is 712 g/mol. The summed E-state index contributed by atoms with van der Waals surface area (Å²) in [6.07, 6.45) is -1.95. The average molecular weight is 713 g/mol. The number of nitrogens with zero attached hydrogens (tertiary/aromatic N) is 3. The minimum Gasteiger partial charge on any atom is -0.399 e. The van der Waals surface area contributed by atoms with Crippen LogP contribution in [0.4, 0.5) is 33.3 Å². The van der Waals surface area contributed by atoms with E-state index in [0.29, 0.717) is 52.1 Å². The molecule has 3 saturated heterocycles. The summed E-state index contributed by atoms with van der Waals surface area (Å²) in [6.45, 7) is 3.10. The number of piperidine rings is 3. The molecule has 3 aliphatic rings. The van der Waals surface area contributed by atoms with Gasteiger partial charge < -0.3 is 26.6 Å². The highest BCUT2D eigenvalue weighted by Gasteiger charge is 2.39. The summed E-state index contributed by atoms with van der Waals surface area (Å²) in [5.74, 6) is -4.09. The number of halogens is 6. The Morgan fingerprint density at radius 1 is 0.939 bits per heavy atom. The zero-order chi connectivity index (χ0) is 35.3. The van der Waals surface area contributed by atoms with Gasteiger partial charge in [0.2, 0.25) is 11.8 Å². The SMILES string of the molecule is Nc1ccccc1CCNC1CCN(C(=O)C[C@H](Cc2cc(Cl)c(N)c(C(F)(F)F)c2)C(=O)N2CCC(N3CCC(F)(F)CC3)CC2)CC1. The molecule has 0 aliphatic carbocycles. The number of para-hydroxylation sites is 1. The summed E-state index contributed by atoms with van der Waals surface area (Å²) in [5.41, 5.74) is 12.0. The van der Waals surface area contributed by atoms with Gasteiger partial charge in [0.25, 0.3) is 5.92 Å². The molecule has 0 unspecified atom stereocenters. The lowest BCUT2D eigenvalue weighted by Gasteiger charge is -2.42. The molecule has 3 aliphatic heterocycles. The summed E-state index contributed by atoms with van der Waals surface area (Å²) in [6, 6.07) is 10.3. The highest BCUT2D eigenvalue weighted by atomic mass is 35.5. The van der Waals surface area contributed by atoms with Gasteiger partial charge >= 0.3 is 6.18 Å². The molecule has 0 aromatic heterocycles. The number of likely N-dealkylation sites (tertiary alicyclic amines) is 3. The number of nitrogen functional groups attached to an aromatic ring is 2. The van der Waals surface area contributed by atoms with Crippen LogP contribution in [0.15, 0.2) is 36.4 Å². The molecule has 49 heavy (non-hydrogen) atoms. The van der Waals surface area contributed by atoms with Gasteiger partial charge in [-0.25, -0.2) is 8.78 Å². The molecule has 2 aromatic carbocycles. The molecule has 2 aromatic rings. The Kier molecular flexibility index (Phi) is 12.0. The quantitative estimate of drug-likeness (QED) is 0.218. The Hall–Kier alpha value is -3.16. The average Bonchev–Trinajstić information content (AvgIpc) is 3.06. The van der Waals surface area contributed by atoms with Gasteiger partial charge in [-0.3, -0.25) is 14.5 Å². The summed E-state index contributed by atoms with van der Waals surface area (Å²) in [7, 11) is 0. The van der Waals surface area contributed by atoms with Crippen LogP contribution in [0, 0.1) is 5.92 Å². The Balaban J connectivity index is 1.21. The Morgan fingerprint density at radius 3 is 2.20 bits per heavy atom. The zero-order valence-corrected chi connectivity index (χ0v) is 28.3. The van der Waals surface area contributed by atoms with Gasteiger partial charge in [0, 0.05) is 76.3 Å². The maximum absolute atomic E-state index is 14.0. The lowest BCUT2D eigenvalue weighted by molar-refractivity contribution is -0.143. The van der Waals surface area contributed by atoms with Gasteiger partial charge in [-0.2, -0.15) is 13.2 Å². The molecule has 0 saturated carbocycles. The van der Waals surface area contributed by atoms with Crippen LogP contribution in [0.1, 0.15) is 61.6 Å². The van der Waals surface area contributed by atoms with E-state index >= 15 is 0 Å². The van der Waals surface area contributed by atoms with Gasteiger partial charge in [-0.15, -0.1) is 0 Å². The molecule has 1 atom stereocenters. The predicted molar refractivity (Wildman–Crippen MR) is 180 cm³/mol. The van der Waals surface area contributed by atoms with Crippen LogP contribution in [0.2, 0.25) is 5.02 Å². The van der Waals surface area contributed by atoms with E-state index in [-0.39, 0.29) is 60.2 Å². The minimum atomic E-state index is -4.74. The van der Waals surface area contributed by atoms with E-state index in [1.54, 1.807) is 9.80 Å². The summed E-state index contributed by atoms with van der Waals surface area (Å²) in [5, 5.41) is 3.28. The van der Waals surface area contributed by atoms with E-state index < -0.39 is 29.3 Å². The third kappa shape index (κ3) is 9.76. The summed E-state index contributed by atoms with van der Waals surface area (Å²) in [4.78, 5) is 33.0. The van der Waals surface area contributed by atoms with Crippen molar-refractivity contribution in [3.8, 4) is 0 Å². The molecular formula is C35H46ClF5N6O2. The topological polar surface area (TPSA) is 108 Å². The van der Waals surface area contributed by atoms with Crippen molar-refractivity contribution in [2.24, 2.45) is 5.92 Å². The van der Waals surface area contributed by atoms with Crippen molar-refractivity contribution >= 4 is 34.8 Å². The fraction of sp³-hybridized carbons (Fsp3) is 0.600. The van der Waals surface area contributed by atoms with Gasteiger partial charge in [-0.1, -0.05) is 29.8 Å².